The predicted molar refractivity (Wildman–Crippen MR) is 82.5 cm³/mol. The van der Waals surface area contributed by atoms with Crippen LogP contribution >= 0.6 is 0 Å². The lowest BCUT2D eigenvalue weighted by atomic mass is 9.97. The largest absolute Gasteiger partial charge is 0.490 e. The summed E-state index contributed by atoms with van der Waals surface area (Å²) in [5.41, 5.74) is 0.711. The van der Waals surface area contributed by atoms with Crippen molar-refractivity contribution in [1.82, 2.24) is 5.32 Å². The summed E-state index contributed by atoms with van der Waals surface area (Å²) in [4.78, 5) is 12.1. The highest BCUT2D eigenvalue weighted by molar-refractivity contribution is 5.81. The molecule has 0 saturated heterocycles. The van der Waals surface area contributed by atoms with Gasteiger partial charge in [-0.1, -0.05) is 26.0 Å². The minimum absolute atomic E-state index is 0.0515. The lowest BCUT2D eigenvalue weighted by Crippen LogP contribution is -2.51. The fourth-order valence-corrected chi connectivity index (χ4v) is 3.05. The Hall–Kier alpha value is -1.55. The van der Waals surface area contributed by atoms with E-state index in [1.165, 1.54) is 12.7 Å². The van der Waals surface area contributed by atoms with E-state index in [0.29, 0.717) is 6.42 Å². The second kappa shape index (κ2) is 6.94. The van der Waals surface area contributed by atoms with Gasteiger partial charge < -0.3 is 14.8 Å². The zero-order valence-corrected chi connectivity index (χ0v) is 13.1. The molecule has 4 nitrogen and oxygen atoms in total. The molecule has 2 rings (SSSR count). The number of esters is 1. The van der Waals surface area contributed by atoms with Crippen LogP contribution in [0.1, 0.15) is 38.7 Å². The molecule has 1 aromatic rings. The summed E-state index contributed by atoms with van der Waals surface area (Å²) < 4.78 is 11.0. The van der Waals surface area contributed by atoms with Crippen molar-refractivity contribution in [2.45, 2.75) is 51.2 Å². The molecule has 2 unspecified atom stereocenters. The number of benzene rings is 1. The molecule has 1 aromatic carbocycles. The highest BCUT2D eigenvalue weighted by Gasteiger charge is 2.46. The predicted octanol–water partition coefficient (Wildman–Crippen LogP) is 2.70. The number of likely N-dealkylation sites (N-methyl/N-ethyl adjacent to an activating group) is 1. The van der Waals surface area contributed by atoms with Crippen molar-refractivity contribution < 1.29 is 14.3 Å². The van der Waals surface area contributed by atoms with Gasteiger partial charge in [-0.25, -0.2) is 0 Å². The SMILES string of the molecule is CCNC1(C(=O)OC)CCC(Oc2ccc(CC)cc2)C1. The van der Waals surface area contributed by atoms with E-state index in [4.69, 9.17) is 9.47 Å². The summed E-state index contributed by atoms with van der Waals surface area (Å²) in [6.45, 7) is 4.88. The van der Waals surface area contributed by atoms with Gasteiger partial charge in [0.15, 0.2) is 0 Å². The minimum atomic E-state index is -0.586. The van der Waals surface area contributed by atoms with Crippen molar-refractivity contribution in [3.8, 4) is 5.75 Å². The first-order valence-corrected chi connectivity index (χ1v) is 7.72. The molecule has 4 heteroatoms. The van der Waals surface area contributed by atoms with Crippen molar-refractivity contribution in [2.24, 2.45) is 0 Å². The van der Waals surface area contributed by atoms with Gasteiger partial charge in [0.2, 0.25) is 0 Å². The fourth-order valence-electron chi connectivity index (χ4n) is 3.05. The third-order valence-corrected chi connectivity index (χ3v) is 4.19. The van der Waals surface area contributed by atoms with Crippen LogP contribution in [-0.2, 0) is 16.0 Å². The van der Waals surface area contributed by atoms with Gasteiger partial charge in [0.05, 0.1) is 7.11 Å². The molecular formula is C17H25NO3. The Morgan fingerprint density at radius 3 is 2.62 bits per heavy atom. The van der Waals surface area contributed by atoms with Crippen LogP contribution in [0.25, 0.3) is 0 Å². The molecule has 0 spiro atoms. The van der Waals surface area contributed by atoms with E-state index in [0.717, 1.165) is 31.6 Å². The molecule has 0 aliphatic heterocycles. The Morgan fingerprint density at radius 2 is 2.05 bits per heavy atom. The number of carbonyl (C=O) groups is 1. The Morgan fingerprint density at radius 1 is 1.33 bits per heavy atom. The molecule has 1 aliphatic carbocycles. The van der Waals surface area contributed by atoms with Gasteiger partial charge in [0.1, 0.15) is 17.4 Å². The zero-order chi connectivity index (χ0) is 15.3. The molecule has 0 radical (unpaired) electrons. The summed E-state index contributed by atoms with van der Waals surface area (Å²) in [6, 6.07) is 8.18. The van der Waals surface area contributed by atoms with Crippen LogP contribution in [0.15, 0.2) is 24.3 Å². The third-order valence-electron chi connectivity index (χ3n) is 4.19. The van der Waals surface area contributed by atoms with Crippen LogP contribution in [0, 0.1) is 0 Å². The van der Waals surface area contributed by atoms with Crippen LogP contribution in [0.2, 0.25) is 0 Å². The minimum Gasteiger partial charge on any atom is -0.490 e. The topological polar surface area (TPSA) is 47.6 Å². The van der Waals surface area contributed by atoms with Crippen LogP contribution in [0.4, 0.5) is 0 Å². The number of methoxy groups -OCH3 is 1. The molecule has 21 heavy (non-hydrogen) atoms. The first-order valence-electron chi connectivity index (χ1n) is 7.72. The van der Waals surface area contributed by atoms with Gasteiger partial charge in [-0.2, -0.15) is 0 Å². The van der Waals surface area contributed by atoms with E-state index in [1.54, 1.807) is 0 Å². The number of aryl methyl sites for hydroxylation is 1. The molecule has 1 fully saturated rings. The summed E-state index contributed by atoms with van der Waals surface area (Å²) in [7, 11) is 1.44. The molecule has 0 heterocycles. The Bertz CT molecular complexity index is 471. The molecular weight excluding hydrogens is 266 g/mol. The molecule has 0 amide bonds. The molecule has 116 valence electrons. The molecule has 1 N–H and O–H groups in total. The van der Waals surface area contributed by atoms with E-state index < -0.39 is 5.54 Å². The maximum Gasteiger partial charge on any atom is 0.326 e. The van der Waals surface area contributed by atoms with Gasteiger partial charge in [-0.05, 0) is 43.5 Å². The van der Waals surface area contributed by atoms with Gasteiger partial charge in [-0.15, -0.1) is 0 Å². The number of hydrogen-bond donors (Lipinski definition) is 1. The van der Waals surface area contributed by atoms with Gasteiger partial charge in [0.25, 0.3) is 0 Å². The van der Waals surface area contributed by atoms with Crippen LogP contribution in [-0.4, -0.2) is 31.3 Å². The van der Waals surface area contributed by atoms with Gasteiger partial charge in [-0.3, -0.25) is 4.79 Å². The maximum atomic E-state index is 12.1. The number of carbonyl (C=O) groups excluding carboxylic acids is 1. The third kappa shape index (κ3) is 3.56. The van der Waals surface area contributed by atoms with Gasteiger partial charge in [0, 0.05) is 6.42 Å². The van der Waals surface area contributed by atoms with Crippen molar-refractivity contribution in [3.63, 3.8) is 0 Å². The maximum absolute atomic E-state index is 12.1. The van der Waals surface area contributed by atoms with Crippen LogP contribution in [0.5, 0.6) is 5.75 Å². The number of nitrogens with one attached hydrogen (secondary N) is 1. The fraction of sp³-hybridized carbons (Fsp3) is 0.588. The summed E-state index contributed by atoms with van der Waals surface area (Å²) in [5.74, 6) is 0.686. The highest BCUT2D eigenvalue weighted by atomic mass is 16.5. The summed E-state index contributed by atoms with van der Waals surface area (Å²) in [5, 5.41) is 3.29. The number of ether oxygens (including phenoxy) is 2. The number of rotatable bonds is 6. The monoisotopic (exact) mass is 291 g/mol. The molecule has 1 saturated carbocycles. The zero-order valence-electron chi connectivity index (χ0n) is 13.1. The standard InChI is InChI=1S/C17H25NO3/c1-4-13-6-8-14(9-7-13)21-15-10-11-17(12-15,18-5-2)16(19)20-3/h6-9,15,18H,4-5,10-12H2,1-3H3. The molecule has 0 aromatic heterocycles. The van der Waals surface area contributed by atoms with E-state index in [1.807, 2.05) is 19.1 Å². The normalized spacial score (nSPS) is 24.8. The molecule has 0 bridgehead atoms. The quantitative estimate of drug-likeness (QED) is 0.819. The summed E-state index contributed by atoms with van der Waals surface area (Å²) >= 11 is 0. The van der Waals surface area contributed by atoms with E-state index in [-0.39, 0.29) is 12.1 Å². The second-order valence-electron chi connectivity index (χ2n) is 5.58. The number of hydrogen-bond acceptors (Lipinski definition) is 4. The second-order valence-corrected chi connectivity index (χ2v) is 5.58. The van der Waals surface area contributed by atoms with Crippen molar-refractivity contribution in [1.29, 1.82) is 0 Å². The van der Waals surface area contributed by atoms with E-state index in [9.17, 15) is 4.79 Å². The average Bonchev–Trinajstić information content (AvgIpc) is 2.91. The average molecular weight is 291 g/mol. The van der Waals surface area contributed by atoms with Crippen LogP contribution < -0.4 is 10.1 Å². The lowest BCUT2D eigenvalue weighted by Gasteiger charge is -2.27. The van der Waals surface area contributed by atoms with E-state index in [2.05, 4.69) is 24.4 Å². The van der Waals surface area contributed by atoms with Gasteiger partial charge >= 0.3 is 5.97 Å². The van der Waals surface area contributed by atoms with Crippen molar-refractivity contribution >= 4 is 5.97 Å². The Kier molecular flexibility index (Phi) is 5.23. The highest BCUT2D eigenvalue weighted by Crippen LogP contribution is 2.34. The molecule has 2 atom stereocenters. The van der Waals surface area contributed by atoms with Crippen molar-refractivity contribution in [3.05, 3.63) is 29.8 Å². The first kappa shape index (κ1) is 15.8. The summed E-state index contributed by atoms with van der Waals surface area (Å²) in [6.07, 6.45) is 3.34. The smallest absolute Gasteiger partial charge is 0.326 e. The first-order chi connectivity index (χ1) is 10.1. The molecule has 1 aliphatic rings. The Labute approximate surface area is 126 Å². The van der Waals surface area contributed by atoms with Crippen molar-refractivity contribution in [2.75, 3.05) is 13.7 Å². The van der Waals surface area contributed by atoms with Crippen LogP contribution in [0.3, 0.4) is 0 Å². The van der Waals surface area contributed by atoms with E-state index >= 15 is 0 Å². The Balaban J connectivity index is 2.01. The lowest BCUT2D eigenvalue weighted by molar-refractivity contribution is -0.148.